The molecule has 1 atom stereocenters. The summed E-state index contributed by atoms with van der Waals surface area (Å²) in [5.41, 5.74) is 4.75. The summed E-state index contributed by atoms with van der Waals surface area (Å²) in [7, 11) is 0. The molecule has 0 radical (unpaired) electrons. The molecular formula is C7H13NO2. The highest BCUT2D eigenvalue weighted by atomic mass is 16.5. The van der Waals surface area contributed by atoms with Gasteiger partial charge >= 0.3 is 6.09 Å². The minimum absolute atomic E-state index is 0.310. The molecule has 0 aromatic rings. The van der Waals surface area contributed by atoms with E-state index >= 15 is 0 Å². The molecule has 3 heteroatoms. The first kappa shape index (κ1) is 9.01. The lowest BCUT2D eigenvalue weighted by Gasteiger charge is -2.06. The van der Waals surface area contributed by atoms with Gasteiger partial charge in [0.2, 0.25) is 0 Å². The van der Waals surface area contributed by atoms with E-state index in [2.05, 4.69) is 11.3 Å². The first-order valence-electron chi connectivity index (χ1n) is 3.20. The highest BCUT2D eigenvalue weighted by molar-refractivity contribution is 5.64. The first-order valence-corrected chi connectivity index (χ1v) is 3.20. The van der Waals surface area contributed by atoms with Gasteiger partial charge in [-0.05, 0) is 12.3 Å². The van der Waals surface area contributed by atoms with Gasteiger partial charge in [-0.2, -0.15) is 0 Å². The predicted octanol–water partition coefficient (Wildman–Crippen LogP) is 1.29. The molecule has 0 spiro atoms. The Bertz CT molecular complexity index is 123. The molecule has 1 amide bonds. The first-order chi connectivity index (χ1) is 4.66. The van der Waals surface area contributed by atoms with Crippen LogP contribution in [0.1, 0.15) is 13.3 Å². The monoisotopic (exact) mass is 143 g/mol. The number of primary amides is 1. The van der Waals surface area contributed by atoms with Crippen molar-refractivity contribution in [1.82, 2.24) is 0 Å². The largest absolute Gasteiger partial charge is 0.449 e. The van der Waals surface area contributed by atoms with Gasteiger partial charge in [-0.1, -0.05) is 13.0 Å². The topological polar surface area (TPSA) is 52.3 Å². The molecular weight excluding hydrogens is 130 g/mol. The van der Waals surface area contributed by atoms with Crippen LogP contribution in [0.2, 0.25) is 0 Å². The van der Waals surface area contributed by atoms with Gasteiger partial charge in [-0.15, -0.1) is 6.58 Å². The third kappa shape index (κ3) is 5.15. The average Bonchev–Trinajstić information content (AvgIpc) is 1.85. The predicted molar refractivity (Wildman–Crippen MR) is 39.5 cm³/mol. The summed E-state index contributed by atoms with van der Waals surface area (Å²) in [4.78, 5) is 10.1. The Morgan fingerprint density at radius 1 is 1.90 bits per heavy atom. The Hall–Kier alpha value is -0.990. The summed E-state index contributed by atoms with van der Waals surface area (Å²) in [5, 5.41) is 0. The van der Waals surface area contributed by atoms with E-state index < -0.39 is 6.09 Å². The van der Waals surface area contributed by atoms with Crippen LogP contribution in [0.5, 0.6) is 0 Å². The van der Waals surface area contributed by atoms with E-state index in [1.165, 1.54) is 0 Å². The molecule has 0 bridgehead atoms. The van der Waals surface area contributed by atoms with Gasteiger partial charge in [-0.25, -0.2) is 4.79 Å². The number of nitrogens with two attached hydrogens (primary N) is 1. The Kier molecular flexibility index (Phi) is 4.37. The lowest BCUT2D eigenvalue weighted by Crippen LogP contribution is -2.17. The molecule has 0 aliphatic heterocycles. The Labute approximate surface area is 60.9 Å². The molecule has 0 aliphatic rings. The van der Waals surface area contributed by atoms with Crippen molar-refractivity contribution in [3.63, 3.8) is 0 Å². The van der Waals surface area contributed by atoms with Crippen LogP contribution in [-0.2, 0) is 4.74 Å². The highest BCUT2D eigenvalue weighted by Crippen LogP contribution is 2.01. The number of allylic oxidation sites excluding steroid dienone is 1. The van der Waals surface area contributed by atoms with Crippen LogP contribution in [-0.4, -0.2) is 12.7 Å². The van der Waals surface area contributed by atoms with E-state index in [0.29, 0.717) is 12.5 Å². The van der Waals surface area contributed by atoms with Crippen molar-refractivity contribution in [2.45, 2.75) is 13.3 Å². The molecule has 10 heavy (non-hydrogen) atoms. The smallest absolute Gasteiger partial charge is 0.404 e. The number of hydrogen-bond acceptors (Lipinski definition) is 2. The van der Waals surface area contributed by atoms with Crippen molar-refractivity contribution in [2.24, 2.45) is 11.7 Å². The summed E-state index contributed by atoms with van der Waals surface area (Å²) in [6.07, 6.45) is 1.92. The van der Waals surface area contributed by atoms with E-state index in [-0.39, 0.29) is 0 Å². The molecule has 0 aliphatic carbocycles. The number of carbonyl (C=O) groups is 1. The normalized spacial score (nSPS) is 12.1. The van der Waals surface area contributed by atoms with Gasteiger partial charge in [-0.3, -0.25) is 0 Å². The summed E-state index contributed by atoms with van der Waals surface area (Å²) in [5.74, 6) is 0.310. The van der Waals surface area contributed by atoms with E-state index in [1.807, 2.05) is 6.92 Å². The van der Waals surface area contributed by atoms with Crippen molar-refractivity contribution in [1.29, 1.82) is 0 Å². The average molecular weight is 143 g/mol. The van der Waals surface area contributed by atoms with Gasteiger partial charge in [0.15, 0.2) is 0 Å². The Morgan fingerprint density at radius 2 is 2.50 bits per heavy atom. The SMILES string of the molecule is C=CC[C@@H](C)COC(N)=O. The molecule has 0 heterocycles. The van der Waals surface area contributed by atoms with Gasteiger partial charge in [0.05, 0.1) is 6.61 Å². The van der Waals surface area contributed by atoms with Crippen molar-refractivity contribution in [2.75, 3.05) is 6.61 Å². The van der Waals surface area contributed by atoms with Crippen LogP contribution in [0.15, 0.2) is 12.7 Å². The quantitative estimate of drug-likeness (QED) is 0.603. The fourth-order valence-electron chi connectivity index (χ4n) is 0.577. The third-order valence-corrected chi connectivity index (χ3v) is 1.08. The van der Waals surface area contributed by atoms with E-state index in [1.54, 1.807) is 6.08 Å². The second-order valence-corrected chi connectivity index (χ2v) is 2.26. The maximum atomic E-state index is 10.1. The number of rotatable bonds is 4. The van der Waals surface area contributed by atoms with E-state index in [0.717, 1.165) is 6.42 Å². The van der Waals surface area contributed by atoms with E-state index in [4.69, 9.17) is 5.73 Å². The van der Waals surface area contributed by atoms with Gasteiger partial charge < -0.3 is 10.5 Å². The fraction of sp³-hybridized carbons (Fsp3) is 0.571. The number of ether oxygens (including phenoxy) is 1. The van der Waals surface area contributed by atoms with Crippen LogP contribution in [0.3, 0.4) is 0 Å². The molecule has 0 saturated heterocycles. The second-order valence-electron chi connectivity index (χ2n) is 2.26. The van der Waals surface area contributed by atoms with Gasteiger partial charge in [0.1, 0.15) is 0 Å². The molecule has 3 nitrogen and oxygen atoms in total. The number of amides is 1. The van der Waals surface area contributed by atoms with Crippen LogP contribution in [0, 0.1) is 5.92 Å². The summed E-state index contributed by atoms with van der Waals surface area (Å²) >= 11 is 0. The van der Waals surface area contributed by atoms with Crippen molar-refractivity contribution in [3.05, 3.63) is 12.7 Å². The lowest BCUT2D eigenvalue weighted by atomic mass is 10.1. The molecule has 58 valence electrons. The van der Waals surface area contributed by atoms with Gasteiger partial charge in [0.25, 0.3) is 0 Å². The number of carbonyl (C=O) groups excluding carboxylic acids is 1. The minimum Gasteiger partial charge on any atom is -0.449 e. The minimum atomic E-state index is -0.712. The third-order valence-electron chi connectivity index (χ3n) is 1.08. The molecule has 0 saturated carbocycles. The van der Waals surface area contributed by atoms with Crippen molar-refractivity contribution < 1.29 is 9.53 Å². The van der Waals surface area contributed by atoms with Gasteiger partial charge in [0, 0.05) is 0 Å². The summed E-state index contributed by atoms with van der Waals surface area (Å²) in [6.45, 7) is 5.90. The second kappa shape index (κ2) is 4.85. The zero-order valence-corrected chi connectivity index (χ0v) is 6.17. The van der Waals surface area contributed by atoms with E-state index in [9.17, 15) is 4.79 Å². The number of hydrogen-bond donors (Lipinski definition) is 1. The molecule has 2 N–H and O–H groups in total. The molecule has 0 unspecified atom stereocenters. The standard InChI is InChI=1S/C7H13NO2/c1-3-4-6(2)5-10-7(8)9/h3,6H,1,4-5H2,2H3,(H2,8,9)/t6-/m1/s1. The maximum Gasteiger partial charge on any atom is 0.404 e. The molecule has 0 fully saturated rings. The lowest BCUT2D eigenvalue weighted by molar-refractivity contribution is 0.140. The van der Waals surface area contributed by atoms with Crippen molar-refractivity contribution >= 4 is 6.09 Å². The summed E-state index contributed by atoms with van der Waals surface area (Å²) < 4.78 is 4.55. The maximum absolute atomic E-state index is 10.1. The Balaban J connectivity index is 3.29. The van der Waals surface area contributed by atoms with Crippen molar-refractivity contribution in [3.8, 4) is 0 Å². The molecule has 0 aromatic heterocycles. The van der Waals surface area contributed by atoms with Crippen LogP contribution < -0.4 is 5.73 Å². The van der Waals surface area contributed by atoms with Crippen LogP contribution in [0.4, 0.5) is 4.79 Å². The summed E-state index contributed by atoms with van der Waals surface area (Å²) in [6, 6.07) is 0. The van der Waals surface area contributed by atoms with Crippen LogP contribution in [0.25, 0.3) is 0 Å². The molecule has 0 aromatic carbocycles. The zero-order chi connectivity index (χ0) is 7.98. The highest BCUT2D eigenvalue weighted by Gasteiger charge is 2.00. The fourth-order valence-corrected chi connectivity index (χ4v) is 0.577. The zero-order valence-electron chi connectivity index (χ0n) is 6.17. The molecule has 0 rings (SSSR count). The van der Waals surface area contributed by atoms with Crippen LogP contribution >= 0.6 is 0 Å². The Morgan fingerprint density at radius 3 is 2.90 bits per heavy atom.